The van der Waals surface area contributed by atoms with Gasteiger partial charge in [-0.3, -0.25) is 14.5 Å². The van der Waals surface area contributed by atoms with E-state index in [9.17, 15) is 14.4 Å². The van der Waals surface area contributed by atoms with Crippen LogP contribution in [0.2, 0.25) is 0 Å². The van der Waals surface area contributed by atoms with Crippen molar-refractivity contribution in [2.45, 2.75) is 32.5 Å². The molecular weight excluding hydrogens is 470 g/mol. The van der Waals surface area contributed by atoms with E-state index in [1.807, 2.05) is 44.2 Å². The average Bonchev–Trinajstić information content (AvgIpc) is 3.23. The minimum atomic E-state index is -0.865. The molecule has 0 aromatic heterocycles. The van der Waals surface area contributed by atoms with Crippen LogP contribution in [0.3, 0.4) is 0 Å². The Labute approximate surface area is 216 Å². The Kier molecular flexibility index (Phi) is 8.08. The standard InChI is InChI=1S/C29H31N3O5/c1-19(2)17-30-28(34)25-26(37-29(35)32(25)18-20-9-5-4-6-10-20)21-11-7-13-23(15-21)31-27(33)22-12-8-14-24(16-22)36-3/h4-16,19,25-26H,17-18H2,1-3H3,(H,30,34)(H,31,33)/t25-,26+/m0/s1. The number of hydrogen-bond acceptors (Lipinski definition) is 5. The molecule has 0 spiro atoms. The van der Waals surface area contributed by atoms with Crippen molar-refractivity contribution in [3.05, 3.63) is 95.6 Å². The minimum Gasteiger partial charge on any atom is -0.497 e. The van der Waals surface area contributed by atoms with Crippen LogP contribution in [-0.4, -0.2) is 42.5 Å². The van der Waals surface area contributed by atoms with E-state index >= 15 is 0 Å². The van der Waals surface area contributed by atoms with Crippen LogP contribution in [0.15, 0.2) is 78.9 Å². The summed E-state index contributed by atoms with van der Waals surface area (Å²) in [5, 5.41) is 5.82. The first kappa shape index (κ1) is 25.8. The van der Waals surface area contributed by atoms with Crippen molar-refractivity contribution >= 4 is 23.6 Å². The fraction of sp³-hybridized carbons (Fsp3) is 0.276. The van der Waals surface area contributed by atoms with Gasteiger partial charge in [0.1, 0.15) is 5.75 Å². The van der Waals surface area contributed by atoms with E-state index < -0.39 is 18.2 Å². The molecule has 0 unspecified atom stereocenters. The molecule has 37 heavy (non-hydrogen) atoms. The van der Waals surface area contributed by atoms with Crippen LogP contribution in [0.5, 0.6) is 5.75 Å². The first-order valence-electron chi connectivity index (χ1n) is 12.2. The van der Waals surface area contributed by atoms with Gasteiger partial charge in [-0.15, -0.1) is 0 Å². The van der Waals surface area contributed by atoms with E-state index in [1.54, 1.807) is 48.5 Å². The number of hydrogen-bond donors (Lipinski definition) is 2. The van der Waals surface area contributed by atoms with E-state index in [-0.39, 0.29) is 24.3 Å². The summed E-state index contributed by atoms with van der Waals surface area (Å²) < 4.78 is 10.9. The van der Waals surface area contributed by atoms with Gasteiger partial charge in [0, 0.05) is 17.8 Å². The summed E-state index contributed by atoms with van der Waals surface area (Å²) in [5.74, 6) is 0.230. The predicted molar refractivity (Wildman–Crippen MR) is 140 cm³/mol. The number of nitrogens with one attached hydrogen (secondary N) is 2. The molecule has 0 saturated carbocycles. The molecule has 3 amide bonds. The van der Waals surface area contributed by atoms with Crippen LogP contribution in [0.25, 0.3) is 0 Å². The summed E-state index contributed by atoms with van der Waals surface area (Å²) in [4.78, 5) is 40.6. The van der Waals surface area contributed by atoms with Crippen LogP contribution in [0.1, 0.15) is 41.4 Å². The first-order chi connectivity index (χ1) is 17.9. The number of amides is 3. The molecule has 3 aromatic rings. The lowest BCUT2D eigenvalue weighted by molar-refractivity contribution is -0.126. The van der Waals surface area contributed by atoms with Gasteiger partial charge in [-0.2, -0.15) is 0 Å². The Morgan fingerprint density at radius 1 is 1.00 bits per heavy atom. The number of ether oxygens (including phenoxy) is 2. The molecule has 0 radical (unpaired) electrons. The van der Waals surface area contributed by atoms with Crippen molar-refractivity contribution in [1.29, 1.82) is 0 Å². The lowest BCUT2D eigenvalue weighted by atomic mass is 9.99. The summed E-state index contributed by atoms with van der Waals surface area (Å²) in [6.07, 6.45) is -1.40. The van der Waals surface area contributed by atoms with Crippen LogP contribution in [0, 0.1) is 5.92 Å². The molecule has 192 valence electrons. The number of rotatable bonds is 9. The Morgan fingerprint density at radius 2 is 1.76 bits per heavy atom. The number of methoxy groups -OCH3 is 1. The predicted octanol–water partition coefficient (Wildman–Crippen LogP) is 4.78. The normalized spacial score (nSPS) is 16.9. The zero-order chi connectivity index (χ0) is 26.4. The number of carbonyl (C=O) groups excluding carboxylic acids is 3. The van der Waals surface area contributed by atoms with Crippen molar-refractivity contribution in [3.63, 3.8) is 0 Å². The molecule has 4 rings (SSSR count). The monoisotopic (exact) mass is 501 g/mol. The Morgan fingerprint density at radius 3 is 2.49 bits per heavy atom. The molecule has 1 saturated heterocycles. The first-order valence-corrected chi connectivity index (χ1v) is 12.2. The summed E-state index contributed by atoms with van der Waals surface area (Å²) in [7, 11) is 1.54. The third-order valence-electron chi connectivity index (χ3n) is 6.04. The zero-order valence-corrected chi connectivity index (χ0v) is 21.1. The van der Waals surface area contributed by atoms with Crippen molar-refractivity contribution in [2.75, 3.05) is 19.0 Å². The van der Waals surface area contributed by atoms with Gasteiger partial charge in [0.25, 0.3) is 5.91 Å². The highest BCUT2D eigenvalue weighted by Crippen LogP contribution is 2.35. The Hall–Kier alpha value is -4.33. The quantitative estimate of drug-likeness (QED) is 0.440. The van der Waals surface area contributed by atoms with Gasteiger partial charge in [0.2, 0.25) is 5.91 Å². The van der Waals surface area contributed by atoms with Gasteiger partial charge < -0.3 is 20.1 Å². The minimum absolute atomic E-state index is 0.238. The van der Waals surface area contributed by atoms with E-state index in [0.717, 1.165) is 5.56 Å². The third kappa shape index (κ3) is 6.27. The third-order valence-corrected chi connectivity index (χ3v) is 6.04. The second-order valence-electron chi connectivity index (χ2n) is 9.31. The molecule has 8 heteroatoms. The SMILES string of the molecule is COc1cccc(C(=O)Nc2cccc([C@H]3OC(=O)N(Cc4ccccc4)[C@@H]3C(=O)NCC(C)C)c2)c1. The maximum absolute atomic E-state index is 13.3. The molecule has 2 N–H and O–H groups in total. The van der Waals surface area contributed by atoms with Gasteiger partial charge in [0.05, 0.1) is 13.7 Å². The molecule has 2 atom stereocenters. The highest BCUT2D eigenvalue weighted by atomic mass is 16.6. The van der Waals surface area contributed by atoms with Crippen LogP contribution < -0.4 is 15.4 Å². The fourth-order valence-electron chi connectivity index (χ4n) is 4.16. The number of nitrogens with zero attached hydrogens (tertiary/aromatic N) is 1. The number of anilines is 1. The summed E-state index contributed by atoms with van der Waals surface area (Å²) in [5.41, 5.74) is 2.46. The molecular formula is C29H31N3O5. The number of benzene rings is 3. The van der Waals surface area contributed by atoms with E-state index in [2.05, 4.69) is 10.6 Å². The largest absolute Gasteiger partial charge is 0.497 e. The van der Waals surface area contributed by atoms with E-state index in [1.165, 1.54) is 12.0 Å². The summed E-state index contributed by atoms with van der Waals surface area (Å²) in [6, 6.07) is 22.5. The molecule has 1 fully saturated rings. The van der Waals surface area contributed by atoms with Crippen molar-refractivity contribution in [3.8, 4) is 5.75 Å². The molecule has 0 aliphatic carbocycles. The molecule has 3 aromatic carbocycles. The van der Waals surface area contributed by atoms with Gasteiger partial charge in [-0.05, 0) is 47.4 Å². The highest BCUT2D eigenvalue weighted by molar-refractivity contribution is 6.04. The maximum Gasteiger partial charge on any atom is 0.411 e. The molecule has 1 aliphatic heterocycles. The average molecular weight is 502 g/mol. The maximum atomic E-state index is 13.3. The smallest absolute Gasteiger partial charge is 0.411 e. The lowest BCUT2D eigenvalue weighted by Gasteiger charge is -2.25. The van der Waals surface area contributed by atoms with Crippen LogP contribution >= 0.6 is 0 Å². The Bertz CT molecular complexity index is 1260. The summed E-state index contributed by atoms with van der Waals surface area (Å²) >= 11 is 0. The topological polar surface area (TPSA) is 97.0 Å². The zero-order valence-electron chi connectivity index (χ0n) is 21.1. The van der Waals surface area contributed by atoms with Crippen LogP contribution in [0.4, 0.5) is 10.5 Å². The molecule has 1 aliphatic rings. The second-order valence-corrected chi connectivity index (χ2v) is 9.31. The summed E-state index contributed by atoms with van der Waals surface area (Å²) in [6.45, 7) is 4.73. The highest BCUT2D eigenvalue weighted by Gasteiger charge is 2.47. The van der Waals surface area contributed by atoms with Gasteiger partial charge >= 0.3 is 6.09 Å². The van der Waals surface area contributed by atoms with Crippen molar-refractivity contribution in [2.24, 2.45) is 5.92 Å². The number of carbonyl (C=O) groups is 3. The van der Waals surface area contributed by atoms with Crippen molar-refractivity contribution in [1.82, 2.24) is 10.2 Å². The molecule has 0 bridgehead atoms. The molecule has 8 nitrogen and oxygen atoms in total. The lowest BCUT2D eigenvalue weighted by Crippen LogP contribution is -2.47. The van der Waals surface area contributed by atoms with Crippen molar-refractivity contribution < 1.29 is 23.9 Å². The van der Waals surface area contributed by atoms with E-state index in [4.69, 9.17) is 9.47 Å². The Balaban J connectivity index is 1.59. The molecule has 1 heterocycles. The van der Waals surface area contributed by atoms with Gasteiger partial charge in [-0.25, -0.2) is 4.79 Å². The van der Waals surface area contributed by atoms with Gasteiger partial charge in [0.15, 0.2) is 12.1 Å². The second kappa shape index (κ2) is 11.6. The van der Waals surface area contributed by atoms with Gasteiger partial charge in [-0.1, -0.05) is 62.4 Å². The van der Waals surface area contributed by atoms with Crippen LogP contribution in [-0.2, 0) is 16.1 Å². The number of cyclic esters (lactones) is 1. The fourth-order valence-corrected chi connectivity index (χ4v) is 4.16. The van der Waals surface area contributed by atoms with E-state index in [0.29, 0.717) is 29.1 Å².